The quantitative estimate of drug-likeness (QED) is 0.915. The summed E-state index contributed by atoms with van der Waals surface area (Å²) >= 11 is 1.60. The highest BCUT2D eigenvalue weighted by atomic mass is 32.1. The van der Waals surface area contributed by atoms with E-state index in [1.165, 1.54) is 0 Å². The second-order valence-electron chi connectivity index (χ2n) is 5.38. The van der Waals surface area contributed by atoms with Gasteiger partial charge in [-0.1, -0.05) is 0 Å². The van der Waals surface area contributed by atoms with E-state index >= 15 is 0 Å². The molecule has 1 fully saturated rings. The van der Waals surface area contributed by atoms with Crippen molar-refractivity contribution >= 4 is 17.2 Å². The van der Waals surface area contributed by atoms with Crippen molar-refractivity contribution in [1.29, 1.82) is 0 Å². The second kappa shape index (κ2) is 5.99. The summed E-state index contributed by atoms with van der Waals surface area (Å²) < 4.78 is 0. The maximum atomic E-state index is 12.6. The number of nitrogens with one attached hydrogen (secondary N) is 1. The SMILES string of the molecule is Cc1nc(-c2c[nH]c(C(=O)N3CCCCC3CO)c2)cs1. The molecule has 3 heterocycles. The third-order valence-electron chi connectivity index (χ3n) is 3.93. The Bertz CT molecular complexity index is 634. The van der Waals surface area contributed by atoms with Gasteiger partial charge in [0.05, 0.1) is 23.4 Å². The largest absolute Gasteiger partial charge is 0.394 e. The molecule has 1 amide bonds. The number of aryl methyl sites for hydroxylation is 1. The van der Waals surface area contributed by atoms with Crippen LogP contribution in [-0.4, -0.2) is 45.1 Å². The highest BCUT2D eigenvalue weighted by Gasteiger charge is 2.27. The lowest BCUT2D eigenvalue weighted by atomic mass is 10.0. The molecule has 3 rings (SSSR count). The number of hydrogen-bond donors (Lipinski definition) is 2. The van der Waals surface area contributed by atoms with Crippen LogP contribution in [0.15, 0.2) is 17.6 Å². The Hall–Kier alpha value is -1.66. The number of thiazole rings is 1. The molecular weight excluding hydrogens is 286 g/mol. The summed E-state index contributed by atoms with van der Waals surface area (Å²) in [4.78, 5) is 21.8. The maximum Gasteiger partial charge on any atom is 0.270 e. The normalized spacial score (nSPS) is 19.0. The number of H-pyrrole nitrogens is 1. The molecule has 1 saturated heterocycles. The zero-order valence-corrected chi connectivity index (χ0v) is 12.8. The molecule has 2 aromatic heterocycles. The van der Waals surface area contributed by atoms with Crippen molar-refractivity contribution in [3.05, 3.63) is 28.3 Å². The van der Waals surface area contributed by atoms with Gasteiger partial charge in [0, 0.05) is 23.7 Å². The van der Waals surface area contributed by atoms with Crippen molar-refractivity contribution < 1.29 is 9.90 Å². The minimum atomic E-state index is -0.0560. The summed E-state index contributed by atoms with van der Waals surface area (Å²) in [5, 5.41) is 12.4. The van der Waals surface area contributed by atoms with E-state index < -0.39 is 0 Å². The lowest BCUT2D eigenvalue weighted by Crippen LogP contribution is -2.45. The molecule has 0 saturated carbocycles. The first kappa shape index (κ1) is 14.3. The molecular formula is C15H19N3O2S. The number of hydrogen-bond acceptors (Lipinski definition) is 4. The van der Waals surface area contributed by atoms with Crippen molar-refractivity contribution in [3.8, 4) is 11.3 Å². The van der Waals surface area contributed by atoms with Gasteiger partial charge in [-0.15, -0.1) is 11.3 Å². The highest BCUT2D eigenvalue weighted by Crippen LogP contribution is 2.24. The van der Waals surface area contributed by atoms with Gasteiger partial charge < -0.3 is 15.0 Å². The van der Waals surface area contributed by atoms with Crippen LogP contribution in [0.25, 0.3) is 11.3 Å². The molecule has 2 aromatic rings. The van der Waals surface area contributed by atoms with E-state index in [9.17, 15) is 9.90 Å². The molecule has 0 aromatic carbocycles. The smallest absolute Gasteiger partial charge is 0.270 e. The predicted octanol–water partition coefficient (Wildman–Crippen LogP) is 2.43. The number of carbonyl (C=O) groups is 1. The minimum absolute atomic E-state index is 0.0323. The first-order valence-electron chi connectivity index (χ1n) is 7.22. The van der Waals surface area contributed by atoms with Gasteiger partial charge in [-0.2, -0.15) is 0 Å². The van der Waals surface area contributed by atoms with Crippen LogP contribution in [0.2, 0.25) is 0 Å². The van der Waals surface area contributed by atoms with Crippen molar-refractivity contribution in [2.75, 3.05) is 13.2 Å². The number of carbonyl (C=O) groups excluding carboxylic acids is 1. The fourth-order valence-corrected chi connectivity index (χ4v) is 3.40. The zero-order valence-electron chi connectivity index (χ0n) is 12.0. The fraction of sp³-hybridized carbons (Fsp3) is 0.467. The Morgan fingerprint density at radius 1 is 1.57 bits per heavy atom. The Morgan fingerprint density at radius 3 is 3.14 bits per heavy atom. The molecule has 21 heavy (non-hydrogen) atoms. The summed E-state index contributed by atoms with van der Waals surface area (Å²) in [6.07, 6.45) is 4.77. The molecule has 2 N–H and O–H groups in total. The molecule has 1 atom stereocenters. The number of aromatic nitrogens is 2. The molecule has 6 heteroatoms. The number of rotatable bonds is 3. The van der Waals surface area contributed by atoms with Crippen LogP contribution >= 0.6 is 11.3 Å². The van der Waals surface area contributed by atoms with E-state index in [0.29, 0.717) is 12.2 Å². The van der Waals surface area contributed by atoms with Gasteiger partial charge in [0.2, 0.25) is 0 Å². The van der Waals surface area contributed by atoms with E-state index in [4.69, 9.17) is 0 Å². The van der Waals surface area contributed by atoms with Crippen LogP contribution in [0.5, 0.6) is 0 Å². The van der Waals surface area contributed by atoms with Gasteiger partial charge in [-0.3, -0.25) is 4.79 Å². The van der Waals surface area contributed by atoms with E-state index in [0.717, 1.165) is 35.5 Å². The molecule has 1 aliphatic heterocycles. The minimum Gasteiger partial charge on any atom is -0.394 e. The third-order valence-corrected chi connectivity index (χ3v) is 4.70. The summed E-state index contributed by atoms with van der Waals surface area (Å²) in [5.41, 5.74) is 2.39. The molecule has 1 aliphatic rings. The van der Waals surface area contributed by atoms with Crippen LogP contribution in [0.4, 0.5) is 0 Å². The molecule has 0 spiro atoms. The molecule has 112 valence electrons. The number of piperidine rings is 1. The average Bonchev–Trinajstić information content (AvgIpc) is 3.15. The van der Waals surface area contributed by atoms with Crippen LogP contribution in [-0.2, 0) is 0 Å². The first-order chi connectivity index (χ1) is 10.2. The van der Waals surface area contributed by atoms with E-state index in [2.05, 4.69) is 9.97 Å². The van der Waals surface area contributed by atoms with Gasteiger partial charge in [0.15, 0.2) is 0 Å². The van der Waals surface area contributed by atoms with Crippen molar-refractivity contribution in [2.45, 2.75) is 32.2 Å². The average molecular weight is 305 g/mol. The number of likely N-dealkylation sites (tertiary alicyclic amines) is 1. The number of aliphatic hydroxyl groups is 1. The van der Waals surface area contributed by atoms with E-state index in [1.54, 1.807) is 16.2 Å². The summed E-state index contributed by atoms with van der Waals surface area (Å²) in [7, 11) is 0. The first-order valence-corrected chi connectivity index (χ1v) is 8.09. The van der Waals surface area contributed by atoms with Gasteiger partial charge in [-0.25, -0.2) is 4.98 Å². The van der Waals surface area contributed by atoms with Crippen molar-refractivity contribution in [1.82, 2.24) is 14.9 Å². The van der Waals surface area contributed by atoms with Crippen LogP contribution in [0, 0.1) is 6.92 Å². The summed E-state index contributed by atoms with van der Waals surface area (Å²) in [6.45, 7) is 2.71. The Labute approximate surface area is 127 Å². The van der Waals surface area contributed by atoms with Gasteiger partial charge in [-0.05, 0) is 32.3 Å². The predicted molar refractivity (Wildman–Crippen MR) is 82.4 cm³/mol. The van der Waals surface area contributed by atoms with E-state index in [-0.39, 0.29) is 18.6 Å². The van der Waals surface area contributed by atoms with Gasteiger partial charge in [0.1, 0.15) is 5.69 Å². The molecule has 0 aliphatic carbocycles. The lowest BCUT2D eigenvalue weighted by Gasteiger charge is -2.34. The summed E-state index contributed by atoms with van der Waals surface area (Å²) in [5.74, 6) is -0.0352. The van der Waals surface area contributed by atoms with E-state index in [1.807, 2.05) is 24.6 Å². The number of aromatic amines is 1. The van der Waals surface area contributed by atoms with Crippen molar-refractivity contribution in [3.63, 3.8) is 0 Å². The molecule has 5 nitrogen and oxygen atoms in total. The maximum absolute atomic E-state index is 12.6. The molecule has 1 unspecified atom stereocenters. The monoisotopic (exact) mass is 305 g/mol. The number of aliphatic hydroxyl groups excluding tert-OH is 1. The Balaban J connectivity index is 1.80. The summed E-state index contributed by atoms with van der Waals surface area (Å²) in [6, 6.07) is 1.79. The van der Waals surface area contributed by atoms with Crippen molar-refractivity contribution in [2.24, 2.45) is 0 Å². The van der Waals surface area contributed by atoms with Crippen LogP contribution < -0.4 is 0 Å². The Kier molecular flexibility index (Phi) is 4.07. The lowest BCUT2D eigenvalue weighted by molar-refractivity contribution is 0.0498. The van der Waals surface area contributed by atoms with Gasteiger partial charge >= 0.3 is 0 Å². The topological polar surface area (TPSA) is 69.2 Å². The Morgan fingerprint density at radius 2 is 2.43 bits per heavy atom. The van der Waals surface area contributed by atoms with Crippen LogP contribution in [0.1, 0.15) is 34.8 Å². The van der Waals surface area contributed by atoms with Crippen LogP contribution in [0.3, 0.4) is 0 Å². The van der Waals surface area contributed by atoms with Gasteiger partial charge in [0.25, 0.3) is 5.91 Å². The number of nitrogens with zero attached hydrogens (tertiary/aromatic N) is 2. The number of amides is 1. The molecule has 0 bridgehead atoms. The zero-order chi connectivity index (χ0) is 14.8. The molecule has 0 radical (unpaired) electrons. The highest BCUT2D eigenvalue weighted by molar-refractivity contribution is 7.09. The fourth-order valence-electron chi connectivity index (χ4n) is 2.77. The second-order valence-corrected chi connectivity index (χ2v) is 6.45. The standard InChI is InChI=1S/C15H19N3O2S/c1-10-17-14(9-21-10)11-6-13(16-7-11)15(20)18-5-3-2-4-12(18)8-19/h6-7,9,12,16,19H,2-5,8H2,1H3. The third kappa shape index (κ3) is 2.87.